The fourth-order valence-corrected chi connectivity index (χ4v) is 4.29. The highest BCUT2D eigenvalue weighted by Gasteiger charge is 2.45. The Morgan fingerprint density at radius 2 is 1.61 bits per heavy atom. The van der Waals surface area contributed by atoms with Crippen LogP contribution in [0.25, 0.3) is 11.2 Å². The van der Waals surface area contributed by atoms with Gasteiger partial charge in [0.1, 0.15) is 41.3 Å². The number of rotatable bonds is 9. The maximum Gasteiger partial charge on any atom is 0.408 e. The predicted molar refractivity (Wildman–Crippen MR) is 143 cm³/mol. The van der Waals surface area contributed by atoms with Crippen LogP contribution in [-0.2, 0) is 19.0 Å². The van der Waals surface area contributed by atoms with Crippen LogP contribution >= 0.6 is 0 Å². The summed E-state index contributed by atoms with van der Waals surface area (Å²) < 4.78 is 17.9. The molecule has 0 saturated carbocycles. The van der Waals surface area contributed by atoms with Crippen molar-refractivity contribution in [3.63, 3.8) is 0 Å². The number of aromatic nitrogens is 4. The highest BCUT2D eigenvalue weighted by molar-refractivity contribution is 5.81. The average molecular weight is 582 g/mol. The average Bonchev–Trinajstić information content (AvgIpc) is 3.36. The molecule has 0 radical (unpaired) electrons. The van der Waals surface area contributed by atoms with E-state index in [1.807, 2.05) is 0 Å². The van der Waals surface area contributed by atoms with Crippen LogP contribution in [0, 0.1) is 0 Å². The summed E-state index contributed by atoms with van der Waals surface area (Å²) in [7, 11) is 0. The van der Waals surface area contributed by atoms with Crippen molar-refractivity contribution >= 4 is 35.1 Å². The number of nitrogens with one attached hydrogen (secondary N) is 2. The molecule has 0 aromatic carbocycles. The third-order valence-electron chi connectivity index (χ3n) is 6.03. The zero-order chi connectivity index (χ0) is 30.7. The van der Waals surface area contributed by atoms with Gasteiger partial charge in [0.2, 0.25) is 0 Å². The molecule has 3 heterocycles. The van der Waals surface area contributed by atoms with Crippen molar-refractivity contribution in [3.8, 4) is 0 Å². The lowest BCUT2D eigenvalue weighted by Gasteiger charge is -2.27. The molecule has 1 unspecified atom stereocenters. The van der Waals surface area contributed by atoms with E-state index in [2.05, 4.69) is 25.6 Å². The molecule has 0 spiro atoms. The molecule has 16 heteroatoms. The van der Waals surface area contributed by atoms with Gasteiger partial charge in [-0.3, -0.25) is 4.57 Å². The number of aliphatic hydroxyl groups excluding tert-OH is 2. The predicted octanol–water partition coefficient (Wildman–Crippen LogP) is 1.07. The number of nitrogen functional groups attached to an aromatic ring is 1. The second kappa shape index (κ2) is 12.4. The molecular weight excluding hydrogens is 542 g/mol. The minimum atomic E-state index is -1.39. The minimum absolute atomic E-state index is 0.0313. The maximum atomic E-state index is 12.6. The van der Waals surface area contributed by atoms with Crippen molar-refractivity contribution in [2.75, 3.05) is 5.73 Å². The van der Waals surface area contributed by atoms with Crippen molar-refractivity contribution in [1.29, 1.82) is 0 Å². The Labute approximate surface area is 236 Å². The van der Waals surface area contributed by atoms with Gasteiger partial charge in [0.25, 0.3) is 0 Å². The number of nitrogens with two attached hydrogens (primary N) is 1. The second-order valence-electron chi connectivity index (χ2n) is 11.8. The number of carboxylic acid groups (broad SMARTS) is 1. The first-order chi connectivity index (χ1) is 18.9. The number of hydrogen-bond acceptors (Lipinski definition) is 12. The summed E-state index contributed by atoms with van der Waals surface area (Å²) in [6, 6.07) is -2.11. The number of imidazole rings is 1. The number of nitrogens with zero attached hydrogens (tertiary/aromatic N) is 4. The van der Waals surface area contributed by atoms with Crippen LogP contribution in [0.15, 0.2) is 12.7 Å². The number of carboxylic acids is 1. The molecular formula is C25H39N7O9. The van der Waals surface area contributed by atoms with Gasteiger partial charge >= 0.3 is 18.2 Å². The molecule has 0 aliphatic carbocycles. The number of anilines is 1. The molecule has 41 heavy (non-hydrogen) atoms. The van der Waals surface area contributed by atoms with E-state index < -0.39 is 66.0 Å². The van der Waals surface area contributed by atoms with E-state index >= 15 is 0 Å². The van der Waals surface area contributed by atoms with Gasteiger partial charge in [-0.25, -0.2) is 29.3 Å². The number of amides is 2. The Bertz CT molecular complexity index is 1240. The van der Waals surface area contributed by atoms with Crippen LogP contribution in [-0.4, -0.2) is 94.6 Å². The Kier molecular flexibility index (Phi) is 9.61. The standard InChI is InChI=1S/C25H39N7O9/c1-24(2,3)40-22(37)30-12(7-8-13(21(35)36)31-23(38)41-25(4,5)6)9-14-16(33)17(34)20(39-14)32-11-29-15-18(26)27-10-28-19(15)32/h10-14,16-17,20,33-34H,7-9H2,1-6H3,(H,30,37)(H,31,38)(H,35,36)(H2,26,27,28)/t12-,13-,14+,16+,17+,20?/m0/s1. The fourth-order valence-electron chi connectivity index (χ4n) is 4.29. The summed E-state index contributed by atoms with van der Waals surface area (Å²) in [5, 5.41) is 36.3. The van der Waals surface area contributed by atoms with Gasteiger partial charge in [0.05, 0.1) is 12.4 Å². The molecule has 16 nitrogen and oxygen atoms in total. The number of carbonyl (C=O) groups is 3. The molecule has 228 valence electrons. The molecule has 6 atom stereocenters. The number of aliphatic hydroxyl groups is 2. The molecule has 7 N–H and O–H groups in total. The smallest absolute Gasteiger partial charge is 0.408 e. The van der Waals surface area contributed by atoms with Crippen molar-refractivity contribution in [3.05, 3.63) is 12.7 Å². The van der Waals surface area contributed by atoms with Gasteiger partial charge in [-0.1, -0.05) is 0 Å². The van der Waals surface area contributed by atoms with Crippen molar-refractivity contribution in [1.82, 2.24) is 30.2 Å². The largest absolute Gasteiger partial charge is 0.480 e. The zero-order valence-electron chi connectivity index (χ0n) is 23.9. The summed E-state index contributed by atoms with van der Waals surface area (Å²) in [5.41, 5.74) is 4.78. The number of ether oxygens (including phenoxy) is 3. The number of carbonyl (C=O) groups excluding carboxylic acids is 2. The topological polar surface area (TPSA) is 233 Å². The first kappa shape index (κ1) is 31.8. The summed E-state index contributed by atoms with van der Waals surface area (Å²) in [5.74, 6) is -1.17. The summed E-state index contributed by atoms with van der Waals surface area (Å²) in [6.07, 6.45) is -4.03. The molecule has 1 aliphatic heterocycles. The normalized spacial score (nSPS) is 22.6. The summed E-state index contributed by atoms with van der Waals surface area (Å²) >= 11 is 0. The summed E-state index contributed by atoms with van der Waals surface area (Å²) in [6.45, 7) is 9.99. The van der Waals surface area contributed by atoms with Gasteiger partial charge in [0.15, 0.2) is 17.7 Å². The lowest BCUT2D eigenvalue weighted by molar-refractivity contribution is -0.139. The van der Waals surface area contributed by atoms with E-state index in [1.54, 1.807) is 41.5 Å². The van der Waals surface area contributed by atoms with E-state index in [9.17, 15) is 29.7 Å². The molecule has 1 aliphatic rings. The molecule has 1 fully saturated rings. The van der Waals surface area contributed by atoms with Gasteiger partial charge < -0.3 is 45.9 Å². The maximum absolute atomic E-state index is 12.6. The highest BCUT2D eigenvalue weighted by atomic mass is 16.6. The molecule has 3 rings (SSSR count). The first-order valence-electron chi connectivity index (χ1n) is 13.1. The van der Waals surface area contributed by atoms with E-state index in [1.165, 1.54) is 17.2 Å². The van der Waals surface area contributed by atoms with Gasteiger partial charge in [-0.15, -0.1) is 0 Å². The number of fused-ring (bicyclic) bond motifs is 1. The van der Waals surface area contributed by atoms with Crippen LogP contribution < -0.4 is 16.4 Å². The SMILES string of the molecule is CC(C)(C)OC(=O)N[C@@H](CC[C@H](NC(=O)OC(C)(C)C)C(=O)O)C[C@H]1OC(n2cnc3c(N)ncnc32)[C@H](O)[C@@H]1O. The van der Waals surface area contributed by atoms with E-state index in [0.29, 0.717) is 5.52 Å². The lowest BCUT2D eigenvalue weighted by atomic mass is 9.97. The first-order valence-corrected chi connectivity index (χ1v) is 13.1. The van der Waals surface area contributed by atoms with Gasteiger partial charge in [-0.2, -0.15) is 0 Å². The molecule has 2 amide bonds. The van der Waals surface area contributed by atoms with E-state index in [4.69, 9.17) is 19.9 Å². The Balaban J connectivity index is 1.76. The van der Waals surface area contributed by atoms with Crippen molar-refractivity contribution in [2.45, 2.75) is 109 Å². The van der Waals surface area contributed by atoms with E-state index in [-0.39, 0.29) is 30.7 Å². The van der Waals surface area contributed by atoms with Crippen LogP contribution in [0.3, 0.4) is 0 Å². The van der Waals surface area contributed by atoms with Gasteiger partial charge in [0, 0.05) is 6.04 Å². The number of hydrogen-bond donors (Lipinski definition) is 6. The molecule has 0 bridgehead atoms. The van der Waals surface area contributed by atoms with Crippen LogP contribution in [0.4, 0.5) is 15.4 Å². The molecule has 2 aromatic heterocycles. The molecule has 2 aromatic rings. The molecule has 1 saturated heterocycles. The van der Waals surface area contributed by atoms with Crippen LogP contribution in [0.1, 0.15) is 67.0 Å². The van der Waals surface area contributed by atoms with Crippen LogP contribution in [0.5, 0.6) is 0 Å². The second-order valence-corrected chi connectivity index (χ2v) is 11.8. The quantitative estimate of drug-likeness (QED) is 0.243. The minimum Gasteiger partial charge on any atom is -0.480 e. The van der Waals surface area contributed by atoms with Gasteiger partial charge in [-0.05, 0) is 60.8 Å². The number of alkyl carbamates (subject to hydrolysis) is 2. The van der Waals surface area contributed by atoms with Crippen LogP contribution in [0.2, 0.25) is 0 Å². The number of aliphatic carboxylic acids is 1. The fraction of sp³-hybridized carbons (Fsp3) is 0.680. The highest BCUT2D eigenvalue weighted by Crippen LogP contribution is 2.34. The Hall–Kier alpha value is -3.76. The van der Waals surface area contributed by atoms with Crippen molar-refractivity contribution < 1.29 is 43.9 Å². The lowest BCUT2D eigenvalue weighted by Crippen LogP contribution is -2.46. The Morgan fingerprint density at radius 1 is 1.00 bits per heavy atom. The third kappa shape index (κ3) is 8.61. The van der Waals surface area contributed by atoms with E-state index in [0.717, 1.165) is 0 Å². The monoisotopic (exact) mass is 581 g/mol. The van der Waals surface area contributed by atoms with Crippen molar-refractivity contribution in [2.24, 2.45) is 0 Å². The Morgan fingerprint density at radius 3 is 2.20 bits per heavy atom. The third-order valence-corrected chi connectivity index (χ3v) is 6.03. The summed E-state index contributed by atoms with van der Waals surface area (Å²) in [4.78, 5) is 48.8. The zero-order valence-corrected chi connectivity index (χ0v) is 23.9.